The van der Waals surface area contributed by atoms with Gasteiger partial charge >= 0.3 is 0 Å². The summed E-state index contributed by atoms with van der Waals surface area (Å²) in [6.07, 6.45) is 4.79. The van der Waals surface area contributed by atoms with Crippen molar-refractivity contribution in [3.05, 3.63) is 45.6 Å². The van der Waals surface area contributed by atoms with E-state index in [1.807, 2.05) is 5.38 Å². The van der Waals surface area contributed by atoms with Crippen molar-refractivity contribution in [2.75, 3.05) is 0 Å². The van der Waals surface area contributed by atoms with E-state index in [0.717, 1.165) is 5.56 Å². The Morgan fingerprint density at radius 1 is 1.47 bits per heavy atom. The number of thiazole rings is 1. The molecule has 15 heavy (non-hydrogen) atoms. The Labute approximate surface area is 96.4 Å². The van der Waals surface area contributed by atoms with E-state index in [1.54, 1.807) is 24.7 Å². The number of halogens is 1. The normalized spacial score (nSPS) is 12.7. The highest BCUT2D eigenvalue weighted by Gasteiger charge is 2.12. The van der Waals surface area contributed by atoms with Crippen LogP contribution in [0, 0.1) is 0 Å². The molecule has 3 nitrogen and oxygen atoms in total. The number of nitrogens with zero attached hydrogens (tertiary/aromatic N) is 2. The molecule has 0 aliphatic heterocycles. The molecule has 0 aliphatic carbocycles. The second kappa shape index (κ2) is 4.70. The van der Waals surface area contributed by atoms with Crippen LogP contribution in [0.3, 0.4) is 0 Å². The first-order valence-corrected chi connectivity index (χ1v) is 5.69. The van der Waals surface area contributed by atoms with E-state index >= 15 is 0 Å². The van der Waals surface area contributed by atoms with Crippen LogP contribution < -0.4 is 0 Å². The number of rotatable bonds is 3. The molecule has 0 bridgehead atoms. The van der Waals surface area contributed by atoms with Crippen LogP contribution >= 0.6 is 22.9 Å². The van der Waals surface area contributed by atoms with Crippen LogP contribution in [0.1, 0.15) is 16.7 Å². The van der Waals surface area contributed by atoms with E-state index in [9.17, 15) is 5.11 Å². The zero-order valence-corrected chi connectivity index (χ0v) is 9.37. The van der Waals surface area contributed by atoms with Crippen molar-refractivity contribution in [2.24, 2.45) is 0 Å². The molecule has 5 heteroatoms. The molecule has 2 rings (SSSR count). The Kier molecular flexibility index (Phi) is 3.30. The van der Waals surface area contributed by atoms with Gasteiger partial charge in [-0.2, -0.15) is 0 Å². The Hall–Kier alpha value is -0.970. The minimum atomic E-state index is -0.593. The smallest absolute Gasteiger partial charge is 0.121 e. The number of aliphatic hydroxyl groups excluding tert-OH is 1. The van der Waals surface area contributed by atoms with Crippen molar-refractivity contribution in [2.45, 2.75) is 12.5 Å². The summed E-state index contributed by atoms with van der Waals surface area (Å²) in [5, 5.41) is 13.0. The molecule has 0 radical (unpaired) electrons. The minimum Gasteiger partial charge on any atom is -0.386 e. The Morgan fingerprint density at radius 3 is 3.00 bits per heavy atom. The molecule has 2 heterocycles. The highest BCUT2D eigenvalue weighted by Crippen LogP contribution is 2.23. The van der Waals surface area contributed by atoms with E-state index < -0.39 is 6.10 Å². The van der Waals surface area contributed by atoms with E-state index in [-0.39, 0.29) is 0 Å². The lowest BCUT2D eigenvalue weighted by Gasteiger charge is -2.08. The SMILES string of the molecule is OC(Cc1ccncc1Cl)c1nccs1. The molecule has 0 spiro atoms. The van der Waals surface area contributed by atoms with Gasteiger partial charge < -0.3 is 5.11 Å². The molecular formula is C10H9ClN2OS. The molecular weight excluding hydrogens is 232 g/mol. The fourth-order valence-corrected chi connectivity index (χ4v) is 2.08. The maximum atomic E-state index is 9.86. The second-order valence-electron chi connectivity index (χ2n) is 3.06. The summed E-state index contributed by atoms with van der Waals surface area (Å²) in [5.41, 5.74) is 0.884. The third-order valence-electron chi connectivity index (χ3n) is 2.01. The molecule has 0 aliphatic rings. The van der Waals surface area contributed by atoms with Crippen LogP contribution in [0.25, 0.3) is 0 Å². The fraction of sp³-hybridized carbons (Fsp3) is 0.200. The molecule has 0 saturated heterocycles. The predicted octanol–water partition coefficient (Wildman–Crippen LogP) is 2.47. The van der Waals surface area contributed by atoms with Crippen LogP contribution in [-0.4, -0.2) is 15.1 Å². The predicted molar refractivity (Wildman–Crippen MR) is 60.0 cm³/mol. The third kappa shape index (κ3) is 2.53. The maximum absolute atomic E-state index is 9.86. The van der Waals surface area contributed by atoms with Crippen molar-refractivity contribution in [3.63, 3.8) is 0 Å². The summed E-state index contributed by atoms with van der Waals surface area (Å²) >= 11 is 7.38. The number of aromatic nitrogens is 2. The van der Waals surface area contributed by atoms with Gasteiger partial charge in [-0.05, 0) is 11.6 Å². The summed E-state index contributed by atoms with van der Waals surface area (Å²) in [7, 11) is 0. The summed E-state index contributed by atoms with van der Waals surface area (Å²) in [6.45, 7) is 0. The molecule has 0 saturated carbocycles. The third-order valence-corrected chi connectivity index (χ3v) is 3.22. The molecule has 1 N–H and O–H groups in total. The summed E-state index contributed by atoms with van der Waals surface area (Å²) < 4.78 is 0. The molecule has 78 valence electrons. The first-order valence-electron chi connectivity index (χ1n) is 4.43. The zero-order chi connectivity index (χ0) is 10.7. The number of aliphatic hydroxyl groups is 1. The monoisotopic (exact) mass is 240 g/mol. The molecule has 2 aromatic heterocycles. The van der Waals surface area contributed by atoms with E-state index in [1.165, 1.54) is 11.3 Å². The minimum absolute atomic E-state index is 0.467. The molecule has 0 amide bonds. The first kappa shape index (κ1) is 10.5. The van der Waals surface area contributed by atoms with Gasteiger partial charge in [0.1, 0.15) is 11.1 Å². The van der Waals surface area contributed by atoms with Crippen LogP contribution in [0.4, 0.5) is 0 Å². The lowest BCUT2D eigenvalue weighted by molar-refractivity contribution is 0.178. The summed E-state index contributed by atoms with van der Waals surface area (Å²) in [4.78, 5) is 7.94. The molecule has 1 unspecified atom stereocenters. The molecule has 0 aromatic carbocycles. The lowest BCUT2D eigenvalue weighted by atomic mass is 10.1. The van der Waals surface area contributed by atoms with E-state index in [2.05, 4.69) is 9.97 Å². The maximum Gasteiger partial charge on any atom is 0.121 e. The largest absolute Gasteiger partial charge is 0.386 e. The summed E-state index contributed by atoms with van der Waals surface area (Å²) in [6, 6.07) is 1.80. The van der Waals surface area contributed by atoms with Gasteiger partial charge in [0.15, 0.2) is 0 Å². The van der Waals surface area contributed by atoms with Crippen molar-refractivity contribution < 1.29 is 5.11 Å². The van der Waals surface area contributed by atoms with Crippen molar-refractivity contribution in [1.82, 2.24) is 9.97 Å². The average molecular weight is 241 g/mol. The highest BCUT2D eigenvalue weighted by molar-refractivity contribution is 7.09. The second-order valence-corrected chi connectivity index (χ2v) is 4.39. The van der Waals surface area contributed by atoms with Gasteiger partial charge in [0.05, 0.1) is 5.02 Å². The van der Waals surface area contributed by atoms with Crippen LogP contribution in [0.15, 0.2) is 30.0 Å². The van der Waals surface area contributed by atoms with Gasteiger partial charge in [-0.3, -0.25) is 4.98 Å². The Morgan fingerprint density at radius 2 is 2.33 bits per heavy atom. The van der Waals surface area contributed by atoms with Crippen LogP contribution in [-0.2, 0) is 6.42 Å². The standard InChI is InChI=1S/C10H9ClN2OS/c11-8-6-12-2-1-7(8)5-9(14)10-13-3-4-15-10/h1-4,6,9,14H,5H2. The van der Waals surface area contributed by atoms with Gasteiger partial charge in [0, 0.05) is 30.4 Å². The van der Waals surface area contributed by atoms with Crippen molar-refractivity contribution >= 4 is 22.9 Å². The number of hydrogen-bond acceptors (Lipinski definition) is 4. The van der Waals surface area contributed by atoms with E-state index in [4.69, 9.17) is 11.6 Å². The topological polar surface area (TPSA) is 46.0 Å². The van der Waals surface area contributed by atoms with Gasteiger partial charge in [-0.25, -0.2) is 4.98 Å². The average Bonchev–Trinajstić information content (AvgIpc) is 2.74. The van der Waals surface area contributed by atoms with Crippen molar-refractivity contribution in [3.8, 4) is 0 Å². The highest BCUT2D eigenvalue weighted by atomic mass is 35.5. The van der Waals surface area contributed by atoms with Gasteiger partial charge in [-0.1, -0.05) is 11.6 Å². The lowest BCUT2D eigenvalue weighted by Crippen LogP contribution is -2.01. The van der Waals surface area contributed by atoms with Gasteiger partial charge in [0.25, 0.3) is 0 Å². The Bertz CT molecular complexity index is 433. The zero-order valence-electron chi connectivity index (χ0n) is 7.80. The molecule has 1 atom stereocenters. The fourth-order valence-electron chi connectivity index (χ4n) is 1.26. The quantitative estimate of drug-likeness (QED) is 0.897. The molecule has 0 fully saturated rings. The number of hydrogen-bond donors (Lipinski definition) is 1. The first-order chi connectivity index (χ1) is 7.27. The summed E-state index contributed by atoms with van der Waals surface area (Å²) in [5.74, 6) is 0. The van der Waals surface area contributed by atoms with E-state index in [0.29, 0.717) is 16.5 Å². The van der Waals surface area contributed by atoms with Crippen LogP contribution in [0.5, 0.6) is 0 Å². The Balaban J connectivity index is 2.13. The van der Waals surface area contributed by atoms with Gasteiger partial charge in [-0.15, -0.1) is 11.3 Å². The van der Waals surface area contributed by atoms with Crippen molar-refractivity contribution in [1.29, 1.82) is 0 Å². The van der Waals surface area contributed by atoms with Crippen LogP contribution in [0.2, 0.25) is 5.02 Å². The number of pyridine rings is 1. The van der Waals surface area contributed by atoms with Gasteiger partial charge in [0.2, 0.25) is 0 Å². The molecule has 2 aromatic rings.